The summed E-state index contributed by atoms with van der Waals surface area (Å²) in [4.78, 5) is 15.2. The summed E-state index contributed by atoms with van der Waals surface area (Å²) in [6.45, 7) is 5.98. The van der Waals surface area contributed by atoms with Crippen LogP contribution in [0.15, 0.2) is 24.7 Å². The van der Waals surface area contributed by atoms with Gasteiger partial charge in [0.15, 0.2) is 0 Å². The molecule has 0 radical (unpaired) electrons. The lowest BCUT2D eigenvalue weighted by atomic mass is 10.1. The van der Waals surface area contributed by atoms with Gasteiger partial charge in [-0.1, -0.05) is 6.92 Å². The maximum absolute atomic E-state index is 11.3. The molecule has 0 spiro atoms. The van der Waals surface area contributed by atoms with Crippen LogP contribution in [0.2, 0.25) is 0 Å². The van der Waals surface area contributed by atoms with E-state index in [1.807, 2.05) is 17.8 Å². The van der Waals surface area contributed by atoms with Crippen LogP contribution < -0.4 is 10.6 Å². The fourth-order valence-electron chi connectivity index (χ4n) is 2.75. The Bertz CT molecular complexity index is 697. The van der Waals surface area contributed by atoms with E-state index in [2.05, 4.69) is 27.6 Å². The van der Waals surface area contributed by atoms with E-state index in [4.69, 9.17) is 0 Å². The standard InChI is InChI=1S/C15H19N5O2/c1-9-5-17-7-14(9)20-8-13(10(2)19-20)18-12-6-16-4-3-11(12)15(21)22/h3-4,6,8-9,14,17-18H,5,7H2,1-2H3,(H,21,22)/t9-,14+/m1/s1. The van der Waals surface area contributed by atoms with Crippen LogP contribution in [0.1, 0.15) is 29.0 Å². The number of aromatic nitrogens is 3. The fourth-order valence-corrected chi connectivity index (χ4v) is 2.75. The number of carboxylic acids is 1. The van der Waals surface area contributed by atoms with E-state index in [1.54, 1.807) is 0 Å². The summed E-state index contributed by atoms with van der Waals surface area (Å²) in [5, 5.41) is 20.3. The zero-order valence-electron chi connectivity index (χ0n) is 12.6. The molecule has 3 N–H and O–H groups in total. The lowest BCUT2D eigenvalue weighted by molar-refractivity contribution is 0.0698. The van der Waals surface area contributed by atoms with E-state index in [9.17, 15) is 9.90 Å². The van der Waals surface area contributed by atoms with E-state index in [0.717, 1.165) is 24.5 Å². The van der Waals surface area contributed by atoms with Gasteiger partial charge < -0.3 is 15.7 Å². The maximum Gasteiger partial charge on any atom is 0.337 e. The summed E-state index contributed by atoms with van der Waals surface area (Å²) in [6, 6.07) is 1.80. The zero-order chi connectivity index (χ0) is 15.7. The fraction of sp³-hybridized carbons (Fsp3) is 0.400. The molecule has 22 heavy (non-hydrogen) atoms. The minimum atomic E-state index is -0.983. The van der Waals surface area contributed by atoms with E-state index >= 15 is 0 Å². The summed E-state index contributed by atoms with van der Waals surface area (Å²) in [7, 11) is 0. The Kier molecular flexibility index (Phi) is 3.81. The van der Waals surface area contributed by atoms with Crippen molar-refractivity contribution in [2.24, 2.45) is 5.92 Å². The van der Waals surface area contributed by atoms with Crippen LogP contribution in [0, 0.1) is 12.8 Å². The van der Waals surface area contributed by atoms with E-state index < -0.39 is 5.97 Å². The molecule has 1 aliphatic heterocycles. The highest BCUT2D eigenvalue weighted by atomic mass is 16.4. The molecule has 0 unspecified atom stereocenters. The van der Waals surface area contributed by atoms with Gasteiger partial charge in [-0.15, -0.1) is 0 Å². The molecule has 1 fully saturated rings. The second-order valence-corrected chi connectivity index (χ2v) is 5.66. The Hall–Kier alpha value is -2.41. The van der Waals surface area contributed by atoms with Gasteiger partial charge in [0.25, 0.3) is 0 Å². The maximum atomic E-state index is 11.3. The summed E-state index contributed by atoms with van der Waals surface area (Å²) in [5.74, 6) is -0.469. The van der Waals surface area contributed by atoms with Gasteiger partial charge in [-0.3, -0.25) is 9.67 Å². The van der Waals surface area contributed by atoms with Crippen molar-refractivity contribution in [1.82, 2.24) is 20.1 Å². The van der Waals surface area contributed by atoms with Crippen LogP contribution in [0.5, 0.6) is 0 Å². The predicted molar refractivity (Wildman–Crippen MR) is 82.5 cm³/mol. The van der Waals surface area contributed by atoms with Gasteiger partial charge in [0.1, 0.15) is 0 Å². The van der Waals surface area contributed by atoms with Crippen molar-refractivity contribution in [3.05, 3.63) is 35.9 Å². The Morgan fingerprint density at radius 3 is 2.95 bits per heavy atom. The molecule has 0 bridgehead atoms. The van der Waals surface area contributed by atoms with Crippen LogP contribution in [-0.4, -0.2) is 38.9 Å². The second-order valence-electron chi connectivity index (χ2n) is 5.66. The molecule has 3 rings (SSSR count). The number of carboxylic acid groups (broad SMARTS) is 1. The molecule has 0 aromatic carbocycles. The first-order chi connectivity index (χ1) is 10.6. The molecule has 0 saturated carbocycles. The molecule has 3 heterocycles. The number of pyridine rings is 1. The monoisotopic (exact) mass is 301 g/mol. The highest BCUT2D eigenvalue weighted by Gasteiger charge is 2.26. The Labute approximate surface area is 128 Å². The van der Waals surface area contributed by atoms with Gasteiger partial charge in [-0.2, -0.15) is 5.10 Å². The van der Waals surface area contributed by atoms with Crippen molar-refractivity contribution in [2.45, 2.75) is 19.9 Å². The minimum absolute atomic E-state index is 0.193. The molecule has 2 aromatic heterocycles. The third-order valence-electron chi connectivity index (χ3n) is 4.05. The van der Waals surface area contributed by atoms with E-state index in [0.29, 0.717) is 17.6 Å². The van der Waals surface area contributed by atoms with Crippen molar-refractivity contribution < 1.29 is 9.90 Å². The number of hydrogen-bond acceptors (Lipinski definition) is 5. The highest BCUT2D eigenvalue weighted by Crippen LogP contribution is 2.27. The molecule has 2 aromatic rings. The number of anilines is 2. The van der Waals surface area contributed by atoms with E-state index in [1.165, 1.54) is 18.5 Å². The smallest absolute Gasteiger partial charge is 0.337 e. The molecular formula is C15H19N5O2. The van der Waals surface area contributed by atoms with Gasteiger partial charge in [-0.05, 0) is 25.5 Å². The first kappa shape index (κ1) is 14.5. The third-order valence-corrected chi connectivity index (χ3v) is 4.05. The topological polar surface area (TPSA) is 92.1 Å². The molecule has 1 saturated heterocycles. The molecular weight excluding hydrogens is 282 g/mol. The van der Waals surface area contributed by atoms with Crippen molar-refractivity contribution in [3.8, 4) is 0 Å². The summed E-state index contributed by atoms with van der Waals surface area (Å²) >= 11 is 0. The highest BCUT2D eigenvalue weighted by molar-refractivity contribution is 5.94. The van der Waals surface area contributed by atoms with Crippen LogP contribution in [0.4, 0.5) is 11.4 Å². The van der Waals surface area contributed by atoms with Gasteiger partial charge in [0.05, 0.1) is 34.9 Å². The second kappa shape index (κ2) is 5.76. The zero-order valence-corrected chi connectivity index (χ0v) is 12.6. The summed E-state index contributed by atoms with van der Waals surface area (Å²) in [5.41, 5.74) is 2.29. The lowest BCUT2D eigenvalue weighted by Gasteiger charge is -2.14. The molecule has 7 heteroatoms. The van der Waals surface area contributed by atoms with Gasteiger partial charge >= 0.3 is 5.97 Å². The van der Waals surface area contributed by atoms with Crippen molar-refractivity contribution >= 4 is 17.3 Å². The summed E-state index contributed by atoms with van der Waals surface area (Å²) in [6.07, 6.45) is 4.92. The summed E-state index contributed by atoms with van der Waals surface area (Å²) < 4.78 is 1.96. The number of carbonyl (C=O) groups is 1. The van der Waals surface area contributed by atoms with Crippen LogP contribution >= 0.6 is 0 Å². The number of aryl methyl sites for hydroxylation is 1. The largest absolute Gasteiger partial charge is 0.478 e. The van der Waals surface area contributed by atoms with Crippen molar-refractivity contribution in [2.75, 3.05) is 18.4 Å². The van der Waals surface area contributed by atoms with Crippen LogP contribution in [-0.2, 0) is 0 Å². The Balaban J connectivity index is 1.87. The molecule has 7 nitrogen and oxygen atoms in total. The Morgan fingerprint density at radius 1 is 1.45 bits per heavy atom. The average molecular weight is 301 g/mol. The van der Waals surface area contributed by atoms with Crippen LogP contribution in [0.3, 0.4) is 0 Å². The third kappa shape index (κ3) is 2.67. The van der Waals surface area contributed by atoms with Crippen LogP contribution in [0.25, 0.3) is 0 Å². The number of nitrogens with one attached hydrogen (secondary N) is 2. The predicted octanol–water partition coefficient (Wildman–Crippen LogP) is 1.81. The van der Waals surface area contributed by atoms with Crippen molar-refractivity contribution in [3.63, 3.8) is 0 Å². The average Bonchev–Trinajstić information content (AvgIpc) is 3.06. The minimum Gasteiger partial charge on any atom is -0.478 e. The number of aromatic carboxylic acids is 1. The molecule has 2 atom stereocenters. The quantitative estimate of drug-likeness (QED) is 0.797. The number of nitrogens with zero attached hydrogens (tertiary/aromatic N) is 3. The first-order valence-electron chi connectivity index (χ1n) is 7.27. The lowest BCUT2D eigenvalue weighted by Crippen LogP contribution is -2.16. The van der Waals surface area contributed by atoms with E-state index in [-0.39, 0.29) is 5.56 Å². The molecule has 1 aliphatic rings. The normalized spacial score (nSPS) is 21.0. The van der Waals surface area contributed by atoms with Crippen molar-refractivity contribution in [1.29, 1.82) is 0 Å². The van der Waals surface area contributed by atoms with Gasteiger partial charge in [0.2, 0.25) is 0 Å². The van der Waals surface area contributed by atoms with Gasteiger partial charge in [-0.25, -0.2) is 4.79 Å². The number of rotatable bonds is 4. The molecule has 0 aliphatic carbocycles. The first-order valence-corrected chi connectivity index (χ1v) is 7.27. The number of hydrogen-bond donors (Lipinski definition) is 3. The van der Waals surface area contributed by atoms with Gasteiger partial charge in [0, 0.05) is 18.9 Å². The molecule has 0 amide bonds. The molecule has 116 valence electrons. The SMILES string of the molecule is Cc1nn([C@H]2CNC[C@H]2C)cc1Nc1cnccc1C(=O)O. The Morgan fingerprint density at radius 2 is 2.27 bits per heavy atom.